The van der Waals surface area contributed by atoms with E-state index < -0.39 is 17.2 Å². The SMILES string of the molecule is CCN(C(=O)c1ccoc1C)c1c(N)n(Cc2ccccc2)c(=O)[nH]c1=O. The number of H-pyrrole nitrogens is 1. The Hall–Kier alpha value is -3.55. The van der Waals surface area contributed by atoms with Gasteiger partial charge in [0.25, 0.3) is 11.5 Å². The molecule has 0 aliphatic carbocycles. The van der Waals surface area contributed by atoms with Crippen LogP contribution < -0.4 is 21.9 Å². The summed E-state index contributed by atoms with van der Waals surface area (Å²) in [5.41, 5.74) is 5.93. The first-order chi connectivity index (χ1) is 12.9. The van der Waals surface area contributed by atoms with Gasteiger partial charge in [0.1, 0.15) is 11.6 Å². The average Bonchev–Trinajstić information content (AvgIpc) is 3.08. The Morgan fingerprint density at radius 3 is 2.52 bits per heavy atom. The number of amides is 1. The largest absolute Gasteiger partial charge is 0.469 e. The zero-order valence-corrected chi connectivity index (χ0v) is 15.1. The number of hydrogen-bond acceptors (Lipinski definition) is 5. The molecule has 27 heavy (non-hydrogen) atoms. The third-order valence-corrected chi connectivity index (χ3v) is 4.32. The summed E-state index contributed by atoms with van der Waals surface area (Å²) in [4.78, 5) is 41.1. The van der Waals surface area contributed by atoms with Gasteiger partial charge >= 0.3 is 5.69 Å². The number of aromatic amines is 1. The van der Waals surface area contributed by atoms with Gasteiger partial charge < -0.3 is 15.1 Å². The summed E-state index contributed by atoms with van der Waals surface area (Å²) in [7, 11) is 0. The zero-order chi connectivity index (χ0) is 19.6. The van der Waals surface area contributed by atoms with Gasteiger partial charge in [0.05, 0.1) is 18.4 Å². The molecule has 0 aliphatic rings. The number of nitrogens with one attached hydrogen (secondary N) is 1. The molecule has 3 aromatic rings. The van der Waals surface area contributed by atoms with Gasteiger partial charge in [0.2, 0.25) is 0 Å². The molecule has 0 unspecified atom stereocenters. The second-order valence-corrected chi connectivity index (χ2v) is 6.00. The fourth-order valence-corrected chi connectivity index (χ4v) is 2.92. The van der Waals surface area contributed by atoms with E-state index in [0.717, 1.165) is 5.56 Å². The predicted octanol–water partition coefficient (Wildman–Crippen LogP) is 1.74. The van der Waals surface area contributed by atoms with E-state index in [9.17, 15) is 14.4 Å². The van der Waals surface area contributed by atoms with Crippen molar-refractivity contribution in [2.45, 2.75) is 20.4 Å². The summed E-state index contributed by atoms with van der Waals surface area (Å²) >= 11 is 0. The Morgan fingerprint density at radius 1 is 1.22 bits per heavy atom. The predicted molar refractivity (Wildman–Crippen MR) is 102 cm³/mol. The lowest BCUT2D eigenvalue weighted by molar-refractivity contribution is 0.0986. The standard InChI is InChI=1S/C19H20N4O4/c1-3-22(18(25)14-9-10-27-12(14)2)15-16(20)23(19(26)21-17(15)24)11-13-7-5-4-6-8-13/h4-10H,3,11,20H2,1-2H3,(H,21,24,26). The zero-order valence-electron chi connectivity index (χ0n) is 15.1. The topological polar surface area (TPSA) is 114 Å². The Balaban J connectivity index is 2.10. The first kappa shape index (κ1) is 18.2. The number of rotatable bonds is 5. The van der Waals surface area contributed by atoms with Crippen molar-refractivity contribution < 1.29 is 9.21 Å². The molecule has 2 aromatic heterocycles. The molecule has 140 valence electrons. The van der Waals surface area contributed by atoms with Crippen LogP contribution in [0.25, 0.3) is 0 Å². The van der Waals surface area contributed by atoms with E-state index in [1.807, 2.05) is 30.3 Å². The maximum atomic E-state index is 12.9. The molecular weight excluding hydrogens is 348 g/mol. The van der Waals surface area contributed by atoms with Crippen LogP contribution in [0.2, 0.25) is 0 Å². The van der Waals surface area contributed by atoms with E-state index in [2.05, 4.69) is 4.98 Å². The van der Waals surface area contributed by atoms with Crippen molar-refractivity contribution >= 4 is 17.4 Å². The number of aryl methyl sites for hydroxylation is 1. The van der Waals surface area contributed by atoms with Gasteiger partial charge in [-0.1, -0.05) is 30.3 Å². The van der Waals surface area contributed by atoms with Gasteiger partial charge in [-0.05, 0) is 25.5 Å². The molecule has 0 saturated heterocycles. The molecule has 8 heteroatoms. The summed E-state index contributed by atoms with van der Waals surface area (Å²) < 4.78 is 6.42. The van der Waals surface area contributed by atoms with Crippen LogP contribution in [0, 0.1) is 6.92 Å². The summed E-state index contributed by atoms with van der Waals surface area (Å²) in [5.74, 6) is -0.0548. The number of aromatic nitrogens is 2. The van der Waals surface area contributed by atoms with Crippen molar-refractivity contribution in [3.63, 3.8) is 0 Å². The van der Waals surface area contributed by atoms with Crippen LogP contribution >= 0.6 is 0 Å². The fraction of sp³-hybridized carbons (Fsp3) is 0.211. The quantitative estimate of drug-likeness (QED) is 0.712. The van der Waals surface area contributed by atoms with E-state index in [0.29, 0.717) is 11.3 Å². The molecule has 2 heterocycles. The van der Waals surface area contributed by atoms with Crippen LogP contribution in [0.4, 0.5) is 11.5 Å². The van der Waals surface area contributed by atoms with Crippen molar-refractivity contribution in [3.05, 3.63) is 80.4 Å². The third-order valence-electron chi connectivity index (χ3n) is 4.32. The molecule has 3 N–H and O–H groups in total. The van der Waals surface area contributed by atoms with E-state index >= 15 is 0 Å². The van der Waals surface area contributed by atoms with Gasteiger partial charge in [0.15, 0.2) is 5.69 Å². The van der Waals surface area contributed by atoms with E-state index in [4.69, 9.17) is 10.2 Å². The normalized spacial score (nSPS) is 10.7. The number of nitrogen functional groups attached to an aromatic ring is 1. The number of anilines is 2. The second-order valence-electron chi connectivity index (χ2n) is 6.00. The van der Waals surface area contributed by atoms with Gasteiger partial charge in [-0.2, -0.15) is 0 Å². The molecule has 1 aromatic carbocycles. The molecule has 1 amide bonds. The van der Waals surface area contributed by atoms with Crippen LogP contribution in [0.1, 0.15) is 28.6 Å². The number of benzene rings is 1. The number of hydrogen-bond donors (Lipinski definition) is 2. The highest BCUT2D eigenvalue weighted by Gasteiger charge is 2.25. The minimum absolute atomic E-state index is 0.0568. The van der Waals surface area contributed by atoms with Crippen molar-refractivity contribution in [3.8, 4) is 0 Å². The minimum atomic E-state index is -0.710. The van der Waals surface area contributed by atoms with E-state index in [-0.39, 0.29) is 24.6 Å². The van der Waals surface area contributed by atoms with E-state index in [1.54, 1.807) is 13.8 Å². The maximum Gasteiger partial charge on any atom is 0.330 e. The number of nitrogens with zero attached hydrogens (tertiary/aromatic N) is 2. The summed E-state index contributed by atoms with van der Waals surface area (Å²) in [6.07, 6.45) is 1.40. The van der Waals surface area contributed by atoms with Crippen LogP contribution in [0.5, 0.6) is 0 Å². The highest BCUT2D eigenvalue weighted by Crippen LogP contribution is 2.21. The van der Waals surface area contributed by atoms with Gasteiger partial charge in [0, 0.05) is 6.54 Å². The first-order valence-electron chi connectivity index (χ1n) is 8.46. The summed E-state index contributed by atoms with van der Waals surface area (Å²) in [6, 6.07) is 10.8. The molecule has 0 radical (unpaired) electrons. The maximum absolute atomic E-state index is 12.9. The van der Waals surface area contributed by atoms with Crippen LogP contribution in [-0.2, 0) is 6.54 Å². The highest BCUT2D eigenvalue weighted by atomic mass is 16.3. The lowest BCUT2D eigenvalue weighted by Crippen LogP contribution is -2.41. The van der Waals surface area contributed by atoms with Gasteiger partial charge in [-0.15, -0.1) is 0 Å². The first-order valence-corrected chi connectivity index (χ1v) is 8.46. The Kier molecular flexibility index (Phi) is 4.98. The van der Waals surface area contributed by atoms with Crippen molar-refractivity contribution in [2.24, 2.45) is 0 Å². The molecule has 0 fully saturated rings. The molecule has 0 spiro atoms. The molecule has 0 aliphatic heterocycles. The number of furan rings is 1. The van der Waals surface area contributed by atoms with Crippen molar-refractivity contribution in [1.82, 2.24) is 9.55 Å². The summed E-state index contributed by atoms with van der Waals surface area (Å²) in [5, 5.41) is 0. The van der Waals surface area contributed by atoms with E-state index in [1.165, 1.54) is 21.8 Å². The molecule has 0 saturated carbocycles. The van der Waals surface area contributed by atoms with Crippen molar-refractivity contribution in [1.29, 1.82) is 0 Å². The molecule has 0 atom stereocenters. The minimum Gasteiger partial charge on any atom is -0.469 e. The van der Waals surface area contributed by atoms with Gasteiger partial charge in [-0.3, -0.25) is 19.1 Å². The number of carbonyl (C=O) groups is 1. The molecule has 0 bridgehead atoms. The smallest absolute Gasteiger partial charge is 0.330 e. The Morgan fingerprint density at radius 2 is 1.93 bits per heavy atom. The lowest BCUT2D eigenvalue weighted by atomic mass is 10.2. The lowest BCUT2D eigenvalue weighted by Gasteiger charge is -2.23. The monoisotopic (exact) mass is 368 g/mol. The summed E-state index contributed by atoms with van der Waals surface area (Å²) in [6.45, 7) is 3.75. The Labute approximate surface area is 154 Å². The second kappa shape index (κ2) is 7.36. The third kappa shape index (κ3) is 3.41. The van der Waals surface area contributed by atoms with Crippen LogP contribution in [-0.4, -0.2) is 22.0 Å². The van der Waals surface area contributed by atoms with Gasteiger partial charge in [-0.25, -0.2) is 4.79 Å². The molecule has 3 rings (SSSR count). The van der Waals surface area contributed by atoms with Crippen LogP contribution in [0.15, 0.2) is 56.7 Å². The van der Waals surface area contributed by atoms with Crippen LogP contribution in [0.3, 0.4) is 0 Å². The fourth-order valence-electron chi connectivity index (χ4n) is 2.92. The molecule has 8 nitrogen and oxygen atoms in total. The number of nitrogens with two attached hydrogens (primary N) is 1. The Bertz CT molecular complexity index is 1080. The van der Waals surface area contributed by atoms with Crippen molar-refractivity contribution in [2.75, 3.05) is 17.2 Å². The highest BCUT2D eigenvalue weighted by molar-refractivity contribution is 6.07. The average molecular weight is 368 g/mol. The number of carbonyl (C=O) groups excluding carboxylic acids is 1. The molecular formula is C19H20N4O4.